The van der Waals surface area contributed by atoms with Crippen molar-refractivity contribution in [3.8, 4) is 5.69 Å². The van der Waals surface area contributed by atoms with Crippen LogP contribution < -0.4 is 5.32 Å². The minimum absolute atomic E-state index is 0.0647. The number of hydrogen-bond donors (Lipinski definition) is 1. The molecule has 6 nitrogen and oxygen atoms in total. The summed E-state index contributed by atoms with van der Waals surface area (Å²) in [4.78, 5) is 10.3. The third kappa shape index (κ3) is 3.38. The number of aromatic nitrogens is 2. The van der Waals surface area contributed by atoms with Gasteiger partial charge in [0, 0.05) is 36.5 Å². The van der Waals surface area contributed by atoms with Gasteiger partial charge >= 0.3 is 0 Å². The van der Waals surface area contributed by atoms with E-state index in [1.54, 1.807) is 23.0 Å². The summed E-state index contributed by atoms with van der Waals surface area (Å²) < 4.78 is 1.64. The fraction of sp³-hybridized carbons (Fsp3) is 0.308. The van der Waals surface area contributed by atoms with Gasteiger partial charge in [0.15, 0.2) is 0 Å². The summed E-state index contributed by atoms with van der Waals surface area (Å²) >= 11 is 0. The SMILES string of the molecule is CC(C)NCc1cnn(-c2cccc([N+](=O)[O-])c2)c1. The smallest absolute Gasteiger partial charge is 0.271 e. The number of hydrogen-bond acceptors (Lipinski definition) is 4. The molecule has 1 aromatic carbocycles. The van der Waals surface area contributed by atoms with Crippen LogP contribution in [-0.4, -0.2) is 20.7 Å². The second kappa shape index (κ2) is 5.62. The summed E-state index contributed by atoms with van der Waals surface area (Å²) in [6.07, 6.45) is 3.63. The molecule has 0 aliphatic carbocycles. The van der Waals surface area contributed by atoms with E-state index >= 15 is 0 Å². The van der Waals surface area contributed by atoms with E-state index in [2.05, 4.69) is 24.3 Å². The Morgan fingerprint density at radius 3 is 2.95 bits per heavy atom. The molecule has 0 spiro atoms. The maximum atomic E-state index is 10.7. The molecule has 0 amide bonds. The van der Waals surface area contributed by atoms with E-state index in [0.29, 0.717) is 11.7 Å². The Morgan fingerprint density at radius 1 is 1.47 bits per heavy atom. The van der Waals surface area contributed by atoms with Crippen LogP contribution in [-0.2, 0) is 6.54 Å². The highest BCUT2D eigenvalue weighted by Gasteiger charge is 2.08. The molecule has 0 fully saturated rings. The Morgan fingerprint density at radius 2 is 2.26 bits per heavy atom. The zero-order valence-corrected chi connectivity index (χ0v) is 10.9. The molecule has 0 unspecified atom stereocenters. The molecule has 2 rings (SSSR count). The topological polar surface area (TPSA) is 73.0 Å². The van der Waals surface area contributed by atoms with Gasteiger partial charge in [0.2, 0.25) is 0 Å². The quantitative estimate of drug-likeness (QED) is 0.661. The van der Waals surface area contributed by atoms with Crippen molar-refractivity contribution >= 4 is 5.69 Å². The summed E-state index contributed by atoms with van der Waals surface area (Å²) in [5, 5.41) is 18.2. The highest BCUT2D eigenvalue weighted by molar-refractivity contribution is 5.42. The summed E-state index contributed by atoms with van der Waals surface area (Å²) in [6.45, 7) is 4.88. The third-order valence-corrected chi connectivity index (χ3v) is 2.66. The van der Waals surface area contributed by atoms with E-state index in [-0.39, 0.29) is 5.69 Å². The normalized spacial score (nSPS) is 10.9. The lowest BCUT2D eigenvalue weighted by Gasteiger charge is -2.05. The molecule has 0 aliphatic heterocycles. The molecule has 6 heteroatoms. The molecular weight excluding hydrogens is 244 g/mol. The number of rotatable bonds is 5. The van der Waals surface area contributed by atoms with Crippen molar-refractivity contribution in [1.82, 2.24) is 15.1 Å². The van der Waals surface area contributed by atoms with Crippen LogP contribution in [0.4, 0.5) is 5.69 Å². The fourth-order valence-corrected chi connectivity index (χ4v) is 1.66. The minimum atomic E-state index is -0.409. The third-order valence-electron chi connectivity index (χ3n) is 2.66. The molecule has 0 aliphatic rings. The Hall–Kier alpha value is -2.21. The van der Waals surface area contributed by atoms with Crippen LogP contribution in [0.25, 0.3) is 5.69 Å². The van der Waals surface area contributed by atoms with Gasteiger partial charge in [0.05, 0.1) is 16.8 Å². The van der Waals surface area contributed by atoms with E-state index in [9.17, 15) is 10.1 Å². The lowest BCUT2D eigenvalue weighted by Crippen LogP contribution is -2.21. The molecule has 19 heavy (non-hydrogen) atoms. The average molecular weight is 260 g/mol. The maximum Gasteiger partial charge on any atom is 0.271 e. The zero-order chi connectivity index (χ0) is 13.8. The molecular formula is C13H16N4O2. The number of non-ortho nitro benzene ring substituents is 1. The van der Waals surface area contributed by atoms with Crippen molar-refractivity contribution < 1.29 is 4.92 Å². The van der Waals surface area contributed by atoms with Gasteiger partial charge < -0.3 is 5.32 Å². The fourth-order valence-electron chi connectivity index (χ4n) is 1.66. The van der Waals surface area contributed by atoms with Crippen LogP contribution in [0.3, 0.4) is 0 Å². The predicted octanol–water partition coefficient (Wildman–Crippen LogP) is 2.28. The maximum absolute atomic E-state index is 10.7. The second-order valence-corrected chi connectivity index (χ2v) is 4.61. The largest absolute Gasteiger partial charge is 0.310 e. The lowest BCUT2D eigenvalue weighted by molar-refractivity contribution is -0.384. The second-order valence-electron chi connectivity index (χ2n) is 4.61. The van der Waals surface area contributed by atoms with Crippen molar-refractivity contribution in [2.45, 2.75) is 26.4 Å². The highest BCUT2D eigenvalue weighted by atomic mass is 16.6. The van der Waals surface area contributed by atoms with Crippen LogP contribution in [0.5, 0.6) is 0 Å². The Labute approximate surface area is 111 Å². The van der Waals surface area contributed by atoms with Gasteiger partial charge in [0.25, 0.3) is 5.69 Å². The van der Waals surface area contributed by atoms with Gasteiger partial charge in [-0.2, -0.15) is 5.10 Å². The van der Waals surface area contributed by atoms with Gasteiger partial charge in [-0.3, -0.25) is 10.1 Å². The van der Waals surface area contributed by atoms with Crippen LogP contribution in [0.15, 0.2) is 36.7 Å². The van der Waals surface area contributed by atoms with Gasteiger partial charge in [-0.15, -0.1) is 0 Å². The number of nitro benzene ring substituents is 1. The van der Waals surface area contributed by atoms with E-state index in [1.165, 1.54) is 12.1 Å². The van der Waals surface area contributed by atoms with Gasteiger partial charge in [0.1, 0.15) is 0 Å². The molecule has 2 aromatic rings. The van der Waals surface area contributed by atoms with Gasteiger partial charge in [-0.1, -0.05) is 19.9 Å². The molecule has 1 N–H and O–H groups in total. The van der Waals surface area contributed by atoms with Crippen molar-refractivity contribution in [3.63, 3.8) is 0 Å². The molecule has 1 heterocycles. The number of nitrogens with one attached hydrogen (secondary N) is 1. The molecule has 0 atom stereocenters. The molecule has 0 saturated heterocycles. The van der Waals surface area contributed by atoms with Crippen LogP contribution in [0, 0.1) is 10.1 Å². The highest BCUT2D eigenvalue weighted by Crippen LogP contribution is 2.16. The number of benzene rings is 1. The Kier molecular flexibility index (Phi) is 3.91. The van der Waals surface area contributed by atoms with Crippen LogP contribution in [0.1, 0.15) is 19.4 Å². The number of nitrogens with zero attached hydrogens (tertiary/aromatic N) is 3. The van der Waals surface area contributed by atoms with E-state index in [0.717, 1.165) is 12.1 Å². The van der Waals surface area contributed by atoms with Crippen molar-refractivity contribution in [2.24, 2.45) is 0 Å². The minimum Gasteiger partial charge on any atom is -0.310 e. The number of nitro groups is 1. The monoisotopic (exact) mass is 260 g/mol. The predicted molar refractivity (Wildman–Crippen MR) is 72.2 cm³/mol. The molecule has 100 valence electrons. The van der Waals surface area contributed by atoms with E-state index in [4.69, 9.17) is 0 Å². The van der Waals surface area contributed by atoms with Gasteiger partial charge in [-0.25, -0.2) is 4.68 Å². The Bertz CT molecular complexity index is 578. The van der Waals surface area contributed by atoms with Crippen molar-refractivity contribution in [2.75, 3.05) is 0 Å². The first-order valence-electron chi connectivity index (χ1n) is 6.08. The summed E-state index contributed by atoms with van der Waals surface area (Å²) in [6, 6.07) is 6.82. The van der Waals surface area contributed by atoms with Crippen LogP contribution in [0.2, 0.25) is 0 Å². The van der Waals surface area contributed by atoms with E-state index < -0.39 is 4.92 Å². The molecule has 0 saturated carbocycles. The summed E-state index contributed by atoms with van der Waals surface area (Å²) in [5.41, 5.74) is 1.79. The summed E-state index contributed by atoms with van der Waals surface area (Å²) in [5.74, 6) is 0. The lowest BCUT2D eigenvalue weighted by atomic mass is 10.3. The van der Waals surface area contributed by atoms with Crippen molar-refractivity contribution in [1.29, 1.82) is 0 Å². The van der Waals surface area contributed by atoms with Crippen molar-refractivity contribution in [3.05, 3.63) is 52.3 Å². The van der Waals surface area contributed by atoms with Crippen LogP contribution >= 0.6 is 0 Å². The molecule has 1 aromatic heterocycles. The standard InChI is InChI=1S/C13H16N4O2/c1-10(2)14-7-11-8-15-16(9-11)12-4-3-5-13(6-12)17(18)19/h3-6,8-10,14H,7H2,1-2H3. The molecule has 0 radical (unpaired) electrons. The van der Waals surface area contributed by atoms with Gasteiger partial charge in [-0.05, 0) is 6.07 Å². The Balaban J connectivity index is 2.18. The molecule has 0 bridgehead atoms. The zero-order valence-electron chi connectivity index (χ0n) is 10.9. The first-order valence-corrected chi connectivity index (χ1v) is 6.08. The average Bonchev–Trinajstić information content (AvgIpc) is 2.85. The van der Waals surface area contributed by atoms with E-state index in [1.807, 2.05) is 6.20 Å². The first kappa shape index (κ1) is 13.2. The first-order chi connectivity index (χ1) is 9.06. The summed E-state index contributed by atoms with van der Waals surface area (Å²) in [7, 11) is 0.